The van der Waals surface area contributed by atoms with Gasteiger partial charge in [-0.2, -0.15) is 0 Å². The summed E-state index contributed by atoms with van der Waals surface area (Å²) in [5, 5.41) is 1.93. The fraction of sp³-hybridized carbons (Fsp3) is 0.250. The number of aromatic nitrogens is 2. The van der Waals surface area contributed by atoms with E-state index >= 15 is 0 Å². The lowest BCUT2D eigenvalue weighted by molar-refractivity contribution is 1.04. The number of hydrogen-bond acceptors (Lipinski definition) is 4. The first-order valence-electron chi connectivity index (χ1n) is 3.61. The third-order valence-corrected chi connectivity index (χ3v) is 1.75. The first-order chi connectivity index (χ1) is 5.83. The topological polar surface area (TPSA) is 51.8 Å². The number of aryl methyl sites for hydroxylation is 1. The Labute approximate surface area is 76.1 Å². The van der Waals surface area contributed by atoms with E-state index in [4.69, 9.17) is 5.73 Å². The van der Waals surface area contributed by atoms with Crippen LogP contribution in [0.25, 0.3) is 6.08 Å². The van der Waals surface area contributed by atoms with Gasteiger partial charge in [-0.1, -0.05) is 0 Å². The van der Waals surface area contributed by atoms with Gasteiger partial charge in [-0.3, -0.25) is 0 Å². The minimum absolute atomic E-state index is 0.598. The van der Waals surface area contributed by atoms with E-state index in [9.17, 15) is 0 Å². The van der Waals surface area contributed by atoms with Crippen molar-refractivity contribution in [2.24, 2.45) is 5.73 Å². The van der Waals surface area contributed by atoms with Gasteiger partial charge in [-0.05, 0) is 24.5 Å². The van der Waals surface area contributed by atoms with Gasteiger partial charge in [-0.25, -0.2) is 9.97 Å². The molecular formula is C8H11N3S. The van der Waals surface area contributed by atoms with Crippen molar-refractivity contribution in [3.8, 4) is 0 Å². The lowest BCUT2D eigenvalue weighted by atomic mass is 10.4. The van der Waals surface area contributed by atoms with Crippen molar-refractivity contribution in [2.45, 2.75) is 6.92 Å². The summed E-state index contributed by atoms with van der Waals surface area (Å²) in [7, 11) is 0. The highest BCUT2D eigenvalue weighted by Crippen LogP contribution is 2.03. The Balaban J connectivity index is 2.63. The van der Waals surface area contributed by atoms with Crippen molar-refractivity contribution in [3.05, 3.63) is 29.2 Å². The highest BCUT2D eigenvalue weighted by atomic mass is 32.2. The SMILES string of the molecule is Cc1nccc(/C=C/SCN)n1. The molecule has 1 aromatic heterocycles. The van der Waals surface area contributed by atoms with Gasteiger partial charge in [0.2, 0.25) is 0 Å². The van der Waals surface area contributed by atoms with Gasteiger partial charge >= 0.3 is 0 Å². The van der Waals surface area contributed by atoms with Crippen LogP contribution in [0.5, 0.6) is 0 Å². The van der Waals surface area contributed by atoms with E-state index in [2.05, 4.69) is 9.97 Å². The van der Waals surface area contributed by atoms with E-state index in [0.29, 0.717) is 5.88 Å². The summed E-state index contributed by atoms with van der Waals surface area (Å²) < 4.78 is 0. The van der Waals surface area contributed by atoms with E-state index in [1.54, 1.807) is 18.0 Å². The van der Waals surface area contributed by atoms with Crippen LogP contribution in [-0.2, 0) is 0 Å². The maximum absolute atomic E-state index is 5.30. The van der Waals surface area contributed by atoms with E-state index in [1.165, 1.54) is 0 Å². The fourth-order valence-corrected chi connectivity index (χ4v) is 1.09. The molecule has 0 aliphatic rings. The maximum Gasteiger partial charge on any atom is 0.125 e. The second-order valence-corrected chi connectivity index (χ2v) is 3.10. The Morgan fingerprint density at radius 1 is 1.67 bits per heavy atom. The Morgan fingerprint density at radius 3 is 3.17 bits per heavy atom. The monoisotopic (exact) mass is 181 g/mol. The second-order valence-electron chi connectivity index (χ2n) is 2.16. The summed E-state index contributed by atoms with van der Waals surface area (Å²) in [6, 6.07) is 1.86. The lowest BCUT2D eigenvalue weighted by Gasteiger charge is -1.92. The van der Waals surface area contributed by atoms with E-state index in [1.807, 2.05) is 24.5 Å². The Bertz CT molecular complexity index is 273. The molecule has 3 nitrogen and oxygen atoms in total. The molecule has 0 bridgehead atoms. The van der Waals surface area contributed by atoms with Crippen LogP contribution in [0.15, 0.2) is 17.7 Å². The molecule has 12 heavy (non-hydrogen) atoms. The van der Waals surface area contributed by atoms with Crippen LogP contribution < -0.4 is 5.73 Å². The third kappa shape index (κ3) is 3.02. The lowest BCUT2D eigenvalue weighted by Crippen LogP contribution is -1.90. The van der Waals surface area contributed by atoms with Crippen LogP contribution in [0.3, 0.4) is 0 Å². The molecule has 0 aromatic carbocycles. The van der Waals surface area contributed by atoms with Crippen LogP contribution >= 0.6 is 11.8 Å². The fourth-order valence-electron chi connectivity index (χ4n) is 0.741. The molecular weight excluding hydrogens is 170 g/mol. The van der Waals surface area contributed by atoms with Gasteiger partial charge in [-0.15, -0.1) is 11.8 Å². The van der Waals surface area contributed by atoms with Crippen LogP contribution in [0.4, 0.5) is 0 Å². The summed E-state index contributed by atoms with van der Waals surface area (Å²) in [6.07, 6.45) is 3.67. The number of nitrogens with zero attached hydrogens (tertiary/aromatic N) is 2. The molecule has 0 spiro atoms. The molecule has 0 aliphatic heterocycles. The zero-order chi connectivity index (χ0) is 8.81. The highest BCUT2D eigenvalue weighted by Gasteiger charge is 1.88. The molecule has 0 unspecified atom stereocenters. The van der Waals surface area contributed by atoms with Gasteiger partial charge in [0.1, 0.15) is 5.82 Å². The molecule has 0 radical (unpaired) electrons. The smallest absolute Gasteiger partial charge is 0.125 e. The standard InChI is InChI=1S/C8H11N3S/c1-7-10-4-2-8(11-7)3-5-12-6-9/h2-5H,6,9H2,1H3/b5-3+. The Kier molecular flexibility index (Phi) is 3.76. The van der Waals surface area contributed by atoms with Crippen molar-refractivity contribution >= 4 is 17.8 Å². The van der Waals surface area contributed by atoms with Crippen molar-refractivity contribution < 1.29 is 0 Å². The Hall–Kier alpha value is -0.870. The molecule has 0 atom stereocenters. The largest absolute Gasteiger partial charge is 0.322 e. The highest BCUT2D eigenvalue weighted by molar-refractivity contribution is 8.02. The normalized spacial score (nSPS) is 10.8. The van der Waals surface area contributed by atoms with Crippen LogP contribution in [0.2, 0.25) is 0 Å². The van der Waals surface area contributed by atoms with E-state index < -0.39 is 0 Å². The van der Waals surface area contributed by atoms with E-state index in [0.717, 1.165) is 11.5 Å². The molecule has 64 valence electrons. The van der Waals surface area contributed by atoms with Gasteiger partial charge in [0.05, 0.1) is 5.69 Å². The third-order valence-electron chi connectivity index (χ3n) is 1.23. The van der Waals surface area contributed by atoms with Crippen molar-refractivity contribution in [1.29, 1.82) is 0 Å². The minimum atomic E-state index is 0.598. The van der Waals surface area contributed by atoms with Gasteiger partial charge in [0.15, 0.2) is 0 Å². The summed E-state index contributed by atoms with van der Waals surface area (Å²) in [4.78, 5) is 8.18. The quantitative estimate of drug-likeness (QED) is 0.716. The predicted octanol–water partition coefficient (Wildman–Crippen LogP) is 1.41. The molecule has 0 amide bonds. The van der Waals surface area contributed by atoms with E-state index in [-0.39, 0.29) is 0 Å². The molecule has 0 aliphatic carbocycles. The molecule has 1 aromatic rings. The predicted molar refractivity (Wildman–Crippen MR) is 52.4 cm³/mol. The molecule has 4 heteroatoms. The van der Waals surface area contributed by atoms with Crippen molar-refractivity contribution in [1.82, 2.24) is 9.97 Å². The van der Waals surface area contributed by atoms with Gasteiger partial charge in [0.25, 0.3) is 0 Å². The summed E-state index contributed by atoms with van der Waals surface area (Å²) in [6.45, 7) is 1.87. The van der Waals surface area contributed by atoms with Crippen LogP contribution in [0.1, 0.15) is 11.5 Å². The Morgan fingerprint density at radius 2 is 2.50 bits per heavy atom. The summed E-state index contributed by atoms with van der Waals surface area (Å²) in [5.74, 6) is 1.38. The van der Waals surface area contributed by atoms with Crippen molar-refractivity contribution in [2.75, 3.05) is 5.88 Å². The average Bonchev–Trinajstić information content (AvgIpc) is 2.05. The molecule has 1 rings (SSSR count). The molecule has 0 saturated carbocycles. The minimum Gasteiger partial charge on any atom is -0.322 e. The summed E-state index contributed by atoms with van der Waals surface area (Å²) >= 11 is 1.55. The zero-order valence-electron chi connectivity index (χ0n) is 6.90. The van der Waals surface area contributed by atoms with Crippen molar-refractivity contribution in [3.63, 3.8) is 0 Å². The van der Waals surface area contributed by atoms with Crippen LogP contribution in [-0.4, -0.2) is 15.8 Å². The first-order valence-corrected chi connectivity index (χ1v) is 4.65. The average molecular weight is 181 g/mol. The number of nitrogens with two attached hydrogens (primary N) is 1. The van der Waals surface area contributed by atoms with Crippen LogP contribution in [0, 0.1) is 6.92 Å². The second kappa shape index (κ2) is 4.90. The number of thioether (sulfide) groups is 1. The zero-order valence-corrected chi connectivity index (χ0v) is 7.71. The van der Waals surface area contributed by atoms with Gasteiger partial charge in [0, 0.05) is 12.1 Å². The number of hydrogen-bond donors (Lipinski definition) is 1. The molecule has 1 heterocycles. The molecule has 0 saturated heterocycles. The number of rotatable bonds is 3. The summed E-state index contributed by atoms with van der Waals surface area (Å²) in [5.41, 5.74) is 6.22. The first kappa shape index (κ1) is 9.22. The molecule has 0 fully saturated rings. The molecule has 2 N–H and O–H groups in total. The van der Waals surface area contributed by atoms with Gasteiger partial charge < -0.3 is 5.73 Å². The maximum atomic E-state index is 5.30.